The molecular weight excluding hydrogens is 677 g/mol. The molecule has 0 aliphatic rings. The minimum atomic E-state index is -4.96. The number of ketones is 1. The average molecular weight is 703 g/mol. The number of phenols is 1. The minimum absolute atomic E-state index is 0. The van der Waals surface area contributed by atoms with E-state index in [4.69, 9.17) is 0 Å². The number of phenolic OH excluding ortho intramolecular Hbond substituents is 1. The second-order valence-electron chi connectivity index (χ2n) is 9.61. The molecule has 0 aliphatic heterocycles. The second kappa shape index (κ2) is 13.2. The molecule has 4 aromatic carbocycles. The number of Topliss-reactive ketones (excluding diaryl/α,β-unsaturated/α-hetero) is 1. The van der Waals surface area contributed by atoms with Gasteiger partial charge in [0.1, 0.15) is 5.75 Å². The van der Waals surface area contributed by atoms with Crippen molar-refractivity contribution in [2.24, 2.45) is 0 Å². The first-order valence-electron chi connectivity index (χ1n) is 12.8. The summed E-state index contributed by atoms with van der Waals surface area (Å²) < 4.78 is 36.4. The Bertz CT molecular complexity index is 1780. The van der Waals surface area contributed by atoms with Gasteiger partial charge in [-0.1, -0.05) is 78.9 Å². The molecule has 0 unspecified atom stereocenters. The van der Waals surface area contributed by atoms with Gasteiger partial charge in [-0.05, 0) is 65.4 Å². The Morgan fingerprint density at radius 3 is 1.57 bits per heavy atom. The van der Waals surface area contributed by atoms with E-state index in [-0.39, 0.29) is 54.9 Å². The molecule has 0 amide bonds. The summed E-state index contributed by atoms with van der Waals surface area (Å²) in [6, 6.07) is 31.9. The zero-order chi connectivity index (χ0) is 29.1. The molecule has 6 rings (SSSR count). The summed E-state index contributed by atoms with van der Waals surface area (Å²) in [5.74, 6) is -2.63. The Kier molecular flexibility index (Phi) is 9.92. The standard InChI is InChI=1S/C24H16N2.C10H9F3O2.Eu/c1-3-7-17(8-4-1)19-13-15-25-23-21(19)11-12-22-20(14-16-26-24(22)23)18-9-5-2-6-10-18;1-5-3-6(2)8(14)7(4-5)9(15)10(11,12)13;/h1-16H;3-4,14H,1-2H3;. The van der Waals surface area contributed by atoms with Crippen LogP contribution in [0.15, 0.2) is 109 Å². The van der Waals surface area contributed by atoms with Crippen molar-refractivity contribution in [3.05, 3.63) is 126 Å². The summed E-state index contributed by atoms with van der Waals surface area (Å²) in [7, 11) is 0. The number of aromatic nitrogens is 2. The van der Waals surface area contributed by atoms with E-state index in [0.717, 1.165) is 27.9 Å². The fraction of sp³-hybridized carbons (Fsp3) is 0.0882. The van der Waals surface area contributed by atoms with Crippen molar-refractivity contribution < 1.29 is 72.4 Å². The van der Waals surface area contributed by atoms with Gasteiger partial charge in [0, 0.05) is 72.5 Å². The third-order valence-electron chi connectivity index (χ3n) is 6.74. The molecule has 4 nitrogen and oxygen atoms in total. The van der Waals surface area contributed by atoms with E-state index in [2.05, 4.69) is 82.8 Å². The van der Waals surface area contributed by atoms with Gasteiger partial charge in [-0.3, -0.25) is 14.8 Å². The maximum Gasteiger partial charge on any atom is 0.455 e. The summed E-state index contributed by atoms with van der Waals surface area (Å²) in [5.41, 5.74) is 6.70. The largest absolute Gasteiger partial charge is 0.507 e. The topological polar surface area (TPSA) is 63.1 Å². The van der Waals surface area contributed by atoms with Crippen LogP contribution in [0.25, 0.3) is 44.1 Å². The normalized spacial score (nSPS) is 11.0. The zero-order valence-corrected chi connectivity index (χ0v) is 25.1. The van der Waals surface area contributed by atoms with E-state index in [0.29, 0.717) is 5.56 Å². The number of nitrogens with zero attached hydrogens (tertiary/aromatic N) is 2. The monoisotopic (exact) mass is 703 g/mol. The molecule has 8 heteroatoms. The van der Waals surface area contributed by atoms with Crippen molar-refractivity contribution in [3.63, 3.8) is 0 Å². The van der Waals surface area contributed by atoms with Crippen LogP contribution in [-0.4, -0.2) is 27.0 Å². The number of halogens is 3. The van der Waals surface area contributed by atoms with E-state index in [1.807, 2.05) is 24.5 Å². The quantitative estimate of drug-likeness (QED) is 0.148. The molecule has 0 saturated heterocycles. The molecule has 0 atom stereocenters. The summed E-state index contributed by atoms with van der Waals surface area (Å²) in [5, 5.41) is 11.6. The van der Waals surface area contributed by atoms with Crippen molar-refractivity contribution in [1.82, 2.24) is 9.97 Å². The molecule has 1 N–H and O–H groups in total. The van der Waals surface area contributed by atoms with Gasteiger partial charge in [0.05, 0.1) is 16.6 Å². The summed E-state index contributed by atoms with van der Waals surface area (Å²) >= 11 is 0. The van der Waals surface area contributed by atoms with Gasteiger partial charge < -0.3 is 5.11 Å². The van der Waals surface area contributed by atoms with Gasteiger partial charge in [-0.25, -0.2) is 0 Å². The van der Waals surface area contributed by atoms with Crippen LogP contribution in [-0.2, 0) is 0 Å². The van der Waals surface area contributed by atoms with Crippen molar-refractivity contribution in [1.29, 1.82) is 0 Å². The third kappa shape index (κ3) is 6.61. The fourth-order valence-corrected chi connectivity index (χ4v) is 4.85. The summed E-state index contributed by atoms with van der Waals surface area (Å²) in [4.78, 5) is 20.2. The number of carbonyl (C=O) groups is 1. The average Bonchev–Trinajstić information content (AvgIpc) is 2.98. The molecule has 0 spiro atoms. The van der Waals surface area contributed by atoms with Gasteiger partial charge in [-0.2, -0.15) is 13.2 Å². The van der Waals surface area contributed by atoms with Crippen LogP contribution in [0.2, 0.25) is 0 Å². The number of carbonyl (C=O) groups excluding carboxylic acids is 1. The molecule has 0 aliphatic carbocycles. The second-order valence-corrected chi connectivity index (χ2v) is 9.61. The Morgan fingerprint density at radius 2 is 1.14 bits per heavy atom. The Labute approximate surface area is 281 Å². The van der Waals surface area contributed by atoms with Crippen LogP contribution >= 0.6 is 0 Å². The first kappa shape index (κ1) is 31.5. The van der Waals surface area contributed by atoms with Crippen molar-refractivity contribution in [2.45, 2.75) is 20.0 Å². The van der Waals surface area contributed by atoms with Crippen LogP contribution in [0, 0.1) is 63.2 Å². The van der Waals surface area contributed by atoms with Gasteiger partial charge in [0.2, 0.25) is 0 Å². The first-order valence-corrected chi connectivity index (χ1v) is 12.8. The Balaban J connectivity index is 0.000000219. The van der Waals surface area contributed by atoms with E-state index in [1.54, 1.807) is 6.92 Å². The number of fused-ring (bicyclic) bond motifs is 3. The summed E-state index contributed by atoms with van der Waals surface area (Å²) in [6.07, 6.45) is -1.21. The van der Waals surface area contributed by atoms with Gasteiger partial charge in [0.15, 0.2) is 0 Å². The fourth-order valence-electron chi connectivity index (χ4n) is 4.85. The number of pyridine rings is 2. The smallest absolute Gasteiger partial charge is 0.455 e. The molecule has 0 saturated carbocycles. The number of hydrogen-bond acceptors (Lipinski definition) is 4. The molecule has 2 aromatic heterocycles. The number of aryl methyl sites for hydroxylation is 2. The predicted octanol–water partition coefficient (Wildman–Crippen LogP) is 8.87. The third-order valence-corrected chi connectivity index (χ3v) is 6.74. The van der Waals surface area contributed by atoms with E-state index in [9.17, 15) is 23.1 Å². The molecular formula is C34H25EuF3N2O2. The van der Waals surface area contributed by atoms with Crippen molar-refractivity contribution in [2.75, 3.05) is 0 Å². The Morgan fingerprint density at radius 1 is 0.690 bits per heavy atom. The minimum Gasteiger partial charge on any atom is -0.507 e. The maximum absolute atomic E-state index is 12.1. The number of alkyl halides is 3. The number of hydrogen-bond donors (Lipinski definition) is 1. The van der Waals surface area contributed by atoms with Gasteiger partial charge in [-0.15, -0.1) is 0 Å². The van der Waals surface area contributed by atoms with Crippen LogP contribution in [0.3, 0.4) is 0 Å². The van der Waals surface area contributed by atoms with Gasteiger partial charge >= 0.3 is 6.18 Å². The van der Waals surface area contributed by atoms with Gasteiger partial charge in [0.25, 0.3) is 5.78 Å². The Hall–Kier alpha value is -3.46. The van der Waals surface area contributed by atoms with Crippen LogP contribution in [0.5, 0.6) is 5.75 Å². The molecule has 211 valence electrons. The number of aromatic hydroxyl groups is 1. The van der Waals surface area contributed by atoms with Crippen LogP contribution in [0.4, 0.5) is 13.2 Å². The van der Waals surface area contributed by atoms with E-state index < -0.39 is 23.3 Å². The number of rotatable bonds is 3. The number of benzene rings is 4. The SMILES string of the molecule is Cc1cc(C)c(O)c(C(=O)C(F)(F)F)c1.[Eu].c1ccc(-c2ccnc3c2ccc2c(-c4ccccc4)ccnc23)cc1. The molecule has 6 aromatic rings. The van der Waals surface area contributed by atoms with E-state index >= 15 is 0 Å². The molecule has 1 radical (unpaired) electrons. The van der Waals surface area contributed by atoms with Crippen molar-refractivity contribution in [3.8, 4) is 28.0 Å². The molecule has 0 fully saturated rings. The molecule has 2 heterocycles. The predicted molar refractivity (Wildman–Crippen MR) is 156 cm³/mol. The van der Waals surface area contributed by atoms with Crippen LogP contribution in [0.1, 0.15) is 21.5 Å². The van der Waals surface area contributed by atoms with Crippen molar-refractivity contribution >= 4 is 27.6 Å². The molecule has 42 heavy (non-hydrogen) atoms. The maximum atomic E-state index is 12.1. The van der Waals surface area contributed by atoms with Crippen LogP contribution < -0.4 is 0 Å². The van der Waals surface area contributed by atoms with E-state index in [1.165, 1.54) is 35.2 Å². The zero-order valence-electron chi connectivity index (χ0n) is 22.7. The first-order chi connectivity index (χ1) is 19.6. The summed E-state index contributed by atoms with van der Waals surface area (Å²) in [6.45, 7) is 3.00. The molecule has 0 bridgehead atoms.